The van der Waals surface area contributed by atoms with Crippen LogP contribution >= 0.6 is 11.3 Å². The second kappa shape index (κ2) is 7.42. The van der Waals surface area contributed by atoms with Crippen LogP contribution in [-0.2, 0) is 4.79 Å². The maximum absolute atomic E-state index is 12.7. The van der Waals surface area contributed by atoms with Gasteiger partial charge in [0.05, 0.1) is 16.6 Å². The van der Waals surface area contributed by atoms with E-state index in [4.69, 9.17) is 0 Å². The molecular weight excluding hydrogens is 364 g/mol. The maximum atomic E-state index is 12.7. The van der Waals surface area contributed by atoms with Crippen LogP contribution in [0.25, 0.3) is 10.2 Å². The van der Waals surface area contributed by atoms with Crippen molar-refractivity contribution in [1.82, 2.24) is 20.2 Å². The molecule has 2 N–H and O–H groups in total. The van der Waals surface area contributed by atoms with Gasteiger partial charge in [-0.05, 0) is 51.0 Å². The minimum atomic E-state index is -0.214. The van der Waals surface area contributed by atoms with Gasteiger partial charge >= 0.3 is 0 Å². The zero-order valence-corrected chi connectivity index (χ0v) is 16.2. The summed E-state index contributed by atoms with van der Waals surface area (Å²) >= 11 is 1.25. The van der Waals surface area contributed by atoms with Gasteiger partial charge in [0.25, 0.3) is 11.5 Å². The van der Waals surface area contributed by atoms with Crippen LogP contribution in [0.5, 0.6) is 0 Å². The molecular formula is C19H24N4O3S. The van der Waals surface area contributed by atoms with Crippen molar-refractivity contribution in [3.8, 4) is 0 Å². The van der Waals surface area contributed by atoms with Crippen LogP contribution in [0.2, 0.25) is 0 Å². The molecule has 27 heavy (non-hydrogen) atoms. The van der Waals surface area contributed by atoms with Crippen molar-refractivity contribution < 1.29 is 9.59 Å². The van der Waals surface area contributed by atoms with Gasteiger partial charge in [-0.15, -0.1) is 11.3 Å². The van der Waals surface area contributed by atoms with Crippen molar-refractivity contribution in [1.29, 1.82) is 0 Å². The third kappa shape index (κ3) is 3.50. The largest absolute Gasteiger partial charge is 0.349 e. The van der Waals surface area contributed by atoms with E-state index in [1.807, 2.05) is 4.90 Å². The smallest absolute Gasteiger partial charge is 0.261 e. The molecule has 2 fully saturated rings. The lowest BCUT2D eigenvalue weighted by molar-refractivity contribution is -0.135. The second-order valence-corrected chi connectivity index (χ2v) is 8.52. The lowest BCUT2D eigenvalue weighted by Crippen LogP contribution is -2.41. The number of amides is 2. The Morgan fingerprint density at radius 3 is 2.59 bits per heavy atom. The fourth-order valence-electron chi connectivity index (χ4n) is 4.23. The number of hydrogen-bond donors (Lipinski definition) is 2. The molecule has 1 aliphatic carbocycles. The number of nitrogens with zero attached hydrogens (tertiary/aromatic N) is 2. The van der Waals surface area contributed by atoms with Gasteiger partial charge < -0.3 is 15.2 Å². The Bertz CT molecular complexity index is 921. The average molecular weight is 388 g/mol. The zero-order chi connectivity index (χ0) is 19.0. The number of aromatic nitrogens is 2. The number of likely N-dealkylation sites (tertiary alicyclic amines) is 1. The molecule has 3 heterocycles. The third-order valence-corrected chi connectivity index (χ3v) is 6.97. The number of aryl methyl sites for hydroxylation is 1. The van der Waals surface area contributed by atoms with E-state index < -0.39 is 0 Å². The third-order valence-electron chi connectivity index (χ3n) is 5.77. The van der Waals surface area contributed by atoms with E-state index in [2.05, 4.69) is 15.3 Å². The highest BCUT2D eigenvalue weighted by atomic mass is 32.1. The van der Waals surface area contributed by atoms with Crippen molar-refractivity contribution in [2.24, 2.45) is 5.92 Å². The summed E-state index contributed by atoms with van der Waals surface area (Å²) in [5, 5.41) is 3.59. The van der Waals surface area contributed by atoms with Gasteiger partial charge in [0.2, 0.25) is 5.91 Å². The van der Waals surface area contributed by atoms with E-state index in [1.54, 1.807) is 6.92 Å². The fraction of sp³-hybridized carbons (Fsp3) is 0.579. The lowest BCUT2D eigenvalue weighted by atomic mass is 9.85. The Hall–Kier alpha value is -2.22. The van der Waals surface area contributed by atoms with Crippen LogP contribution in [0, 0.1) is 12.8 Å². The van der Waals surface area contributed by atoms with Gasteiger partial charge in [-0.2, -0.15) is 0 Å². The number of carbonyl (C=O) groups is 2. The molecule has 2 aliphatic rings. The average Bonchev–Trinajstić information content (AvgIpc) is 3.31. The Labute approximate surface area is 161 Å². The Kier molecular flexibility index (Phi) is 4.99. The van der Waals surface area contributed by atoms with Gasteiger partial charge in [-0.25, -0.2) is 4.98 Å². The van der Waals surface area contributed by atoms with E-state index in [1.165, 1.54) is 17.7 Å². The van der Waals surface area contributed by atoms with Gasteiger partial charge in [-0.1, -0.05) is 0 Å². The van der Waals surface area contributed by atoms with E-state index >= 15 is 0 Å². The molecule has 0 bridgehead atoms. The molecule has 7 nitrogen and oxygen atoms in total. The SMILES string of the molecule is Cc1c(C(=O)NC2CCC(C(=O)N3CCCC3)CC2)sc2nc[nH]c(=O)c12. The van der Waals surface area contributed by atoms with Crippen LogP contribution in [0.1, 0.15) is 53.8 Å². The van der Waals surface area contributed by atoms with Gasteiger partial charge in [0.15, 0.2) is 0 Å². The molecule has 8 heteroatoms. The normalized spacial score (nSPS) is 22.9. The Balaban J connectivity index is 1.38. The summed E-state index contributed by atoms with van der Waals surface area (Å²) in [7, 11) is 0. The van der Waals surface area contributed by atoms with Gasteiger partial charge in [0.1, 0.15) is 4.83 Å². The number of thiophene rings is 1. The summed E-state index contributed by atoms with van der Waals surface area (Å²) in [5.74, 6) is 0.247. The fourth-order valence-corrected chi connectivity index (χ4v) is 5.28. The minimum absolute atomic E-state index is 0.0796. The number of carbonyl (C=O) groups excluding carboxylic acids is 2. The summed E-state index contributed by atoms with van der Waals surface area (Å²) in [6.45, 7) is 3.58. The summed E-state index contributed by atoms with van der Waals surface area (Å²) in [4.78, 5) is 47.1. The summed E-state index contributed by atoms with van der Waals surface area (Å²) in [6, 6.07) is 0.0796. The van der Waals surface area contributed by atoms with Crippen molar-refractivity contribution >= 4 is 33.4 Å². The Morgan fingerprint density at radius 2 is 1.93 bits per heavy atom. The summed E-state index contributed by atoms with van der Waals surface area (Å²) < 4.78 is 0. The monoisotopic (exact) mass is 388 g/mol. The molecule has 0 aromatic carbocycles. The van der Waals surface area contributed by atoms with Gasteiger partial charge in [0, 0.05) is 25.0 Å². The van der Waals surface area contributed by atoms with E-state index in [0.717, 1.165) is 51.6 Å². The van der Waals surface area contributed by atoms with Crippen molar-refractivity contribution in [3.05, 3.63) is 27.1 Å². The van der Waals surface area contributed by atoms with Crippen LogP contribution in [-0.4, -0.2) is 45.8 Å². The number of hydrogen-bond acceptors (Lipinski definition) is 5. The maximum Gasteiger partial charge on any atom is 0.261 e. The molecule has 2 amide bonds. The predicted octanol–water partition coefficient (Wildman–Crippen LogP) is 2.20. The van der Waals surface area contributed by atoms with Crippen LogP contribution in [0.3, 0.4) is 0 Å². The summed E-state index contributed by atoms with van der Waals surface area (Å²) in [6.07, 6.45) is 6.88. The second-order valence-electron chi connectivity index (χ2n) is 7.52. The van der Waals surface area contributed by atoms with Crippen LogP contribution < -0.4 is 10.9 Å². The number of rotatable bonds is 3. The first-order valence-electron chi connectivity index (χ1n) is 9.61. The van der Waals surface area contributed by atoms with Gasteiger partial charge in [-0.3, -0.25) is 14.4 Å². The highest BCUT2D eigenvalue weighted by Gasteiger charge is 2.31. The molecule has 1 saturated carbocycles. The molecule has 144 valence electrons. The zero-order valence-electron chi connectivity index (χ0n) is 15.4. The van der Waals surface area contributed by atoms with E-state index in [-0.39, 0.29) is 23.4 Å². The molecule has 4 rings (SSSR count). The van der Waals surface area contributed by atoms with Crippen molar-refractivity contribution in [2.45, 2.75) is 51.5 Å². The molecule has 1 aliphatic heterocycles. The molecule has 0 spiro atoms. The number of aromatic amines is 1. The predicted molar refractivity (Wildman–Crippen MR) is 104 cm³/mol. The molecule has 0 unspecified atom stereocenters. The van der Waals surface area contributed by atoms with Crippen molar-refractivity contribution in [3.63, 3.8) is 0 Å². The standard InChI is InChI=1S/C19H24N4O3S/c1-11-14-16(24)20-10-21-18(14)27-15(11)17(25)22-13-6-4-12(5-7-13)19(26)23-8-2-3-9-23/h10,12-13H,2-9H2,1H3,(H,22,25)(H,20,21,24). The number of fused-ring (bicyclic) bond motifs is 1. The molecule has 2 aromatic heterocycles. The van der Waals surface area contributed by atoms with Crippen LogP contribution in [0.15, 0.2) is 11.1 Å². The minimum Gasteiger partial charge on any atom is -0.349 e. The molecule has 0 atom stereocenters. The summed E-state index contributed by atoms with van der Waals surface area (Å²) in [5.41, 5.74) is 0.466. The van der Waals surface area contributed by atoms with Crippen LogP contribution in [0.4, 0.5) is 0 Å². The number of H-pyrrole nitrogens is 1. The van der Waals surface area contributed by atoms with E-state index in [0.29, 0.717) is 26.6 Å². The first-order valence-corrected chi connectivity index (χ1v) is 10.4. The topological polar surface area (TPSA) is 95.2 Å². The van der Waals surface area contributed by atoms with Crippen molar-refractivity contribution in [2.75, 3.05) is 13.1 Å². The molecule has 1 saturated heterocycles. The Morgan fingerprint density at radius 1 is 1.22 bits per heavy atom. The highest BCUT2D eigenvalue weighted by Crippen LogP contribution is 2.29. The lowest BCUT2D eigenvalue weighted by Gasteiger charge is -2.30. The van der Waals surface area contributed by atoms with E-state index in [9.17, 15) is 14.4 Å². The first-order chi connectivity index (χ1) is 13.0. The first kappa shape index (κ1) is 18.2. The number of nitrogens with one attached hydrogen (secondary N) is 2. The quantitative estimate of drug-likeness (QED) is 0.843. The highest BCUT2D eigenvalue weighted by molar-refractivity contribution is 7.20. The molecule has 0 radical (unpaired) electrons. The molecule has 2 aromatic rings.